The number of nitrogens with zero attached hydrogens (tertiary/aromatic N) is 1. The number of rotatable bonds is 5. The summed E-state index contributed by atoms with van der Waals surface area (Å²) in [5, 5.41) is 13.9. The van der Waals surface area contributed by atoms with E-state index in [1.54, 1.807) is 12.1 Å². The molecule has 1 aromatic rings. The molecule has 0 unspecified atom stereocenters. The molecule has 1 saturated heterocycles. The first-order chi connectivity index (χ1) is 8.75. The monoisotopic (exact) mass is 286 g/mol. The largest absolute Gasteiger partial charge is 0.493 e. The van der Waals surface area contributed by atoms with Crippen LogP contribution in [0.5, 0.6) is 5.75 Å². The number of nitro groups is 1. The number of benzene rings is 1. The molecule has 106 valence electrons. The van der Waals surface area contributed by atoms with Gasteiger partial charge in [0.15, 0.2) is 0 Å². The maximum absolute atomic E-state index is 10.6. The minimum absolute atomic E-state index is 0. The van der Waals surface area contributed by atoms with Crippen molar-refractivity contribution >= 4 is 18.1 Å². The first-order valence-electron chi connectivity index (χ1n) is 6.33. The predicted molar refractivity (Wildman–Crippen MR) is 76.1 cm³/mol. The first-order valence-corrected chi connectivity index (χ1v) is 6.33. The summed E-state index contributed by atoms with van der Waals surface area (Å²) in [7, 11) is 0. The van der Waals surface area contributed by atoms with E-state index in [1.807, 2.05) is 0 Å². The van der Waals surface area contributed by atoms with Gasteiger partial charge in [-0.15, -0.1) is 12.4 Å². The van der Waals surface area contributed by atoms with E-state index in [2.05, 4.69) is 5.32 Å². The Balaban J connectivity index is 0.00000180. The van der Waals surface area contributed by atoms with Crippen LogP contribution in [0.2, 0.25) is 0 Å². The standard InChI is InChI=1S/C13H18N2O3.ClH/c16-15(17)12-2-1-3-13(10-12)18-9-6-11-4-7-14-8-5-11;/h1-3,10-11,14H,4-9H2;1H. The Kier molecular flexibility index (Phi) is 6.59. The fourth-order valence-corrected chi connectivity index (χ4v) is 2.20. The topological polar surface area (TPSA) is 64.4 Å². The summed E-state index contributed by atoms with van der Waals surface area (Å²) in [6.45, 7) is 2.80. The Bertz CT molecular complexity index is 409. The van der Waals surface area contributed by atoms with Crippen LogP contribution in [0.15, 0.2) is 24.3 Å². The van der Waals surface area contributed by atoms with Gasteiger partial charge in [0.1, 0.15) is 5.75 Å². The van der Waals surface area contributed by atoms with Crippen LogP contribution in [0.1, 0.15) is 19.3 Å². The molecule has 0 aromatic heterocycles. The van der Waals surface area contributed by atoms with Gasteiger partial charge in [0.2, 0.25) is 0 Å². The zero-order chi connectivity index (χ0) is 12.8. The van der Waals surface area contributed by atoms with Crippen molar-refractivity contribution in [3.8, 4) is 5.75 Å². The van der Waals surface area contributed by atoms with Crippen LogP contribution in [0.3, 0.4) is 0 Å². The Morgan fingerprint density at radius 3 is 2.79 bits per heavy atom. The highest BCUT2D eigenvalue weighted by Crippen LogP contribution is 2.21. The van der Waals surface area contributed by atoms with E-state index < -0.39 is 4.92 Å². The van der Waals surface area contributed by atoms with E-state index in [4.69, 9.17) is 4.74 Å². The normalized spacial score (nSPS) is 15.6. The molecule has 1 aliphatic rings. The van der Waals surface area contributed by atoms with Gasteiger partial charge in [-0.05, 0) is 44.3 Å². The van der Waals surface area contributed by atoms with Gasteiger partial charge in [-0.2, -0.15) is 0 Å². The molecule has 0 aliphatic carbocycles. The van der Waals surface area contributed by atoms with Gasteiger partial charge in [0.25, 0.3) is 5.69 Å². The second-order valence-electron chi connectivity index (χ2n) is 4.58. The quantitative estimate of drug-likeness (QED) is 0.668. The van der Waals surface area contributed by atoms with Crippen LogP contribution < -0.4 is 10.1 Å². The van der Waals surface area contributed by atoms with Gasteiger partial charge < -0.3 is 10.1 Å². The summed E-state index contributed by atoms with van der Waals surface area (Å²) in [5.41, 5.74) is 0.0781. The number of ether oxygens (including phenoxy) is 1. The molecule has 1 fully saturated rings. The zero-order valence-corrected chi connectivity index (χ0v) is 11.5. The second kappa shape index (κ2) is 7.96. The third-order valence-corrected chi connectivity index (χ3v) is 3.28. The predicted octanol–water partition coefficient (Wildman–Crippen LogP) is 2.79. The Labute approximate surface area is 118 Å². The maximum atomic E-state index is 10.6. The minimum atomic E-state index is -0.403. The number of non-ortho nitro benzene ring substituents is 1. The average Bonchev–Trinajstić information content (AvgIpc) is 2.40. The lowest BCUT2D eigenvalue weighted by Crippen LogP contribution is -2.28. The van der Waals surface area contributed by atoms with E-state index in [1.165, 1.54) is 25.0 Å². The van der Waals surface area contributed by atoms with Crippen LogP contribution >= 0.6 is 12.4 Å². The molecule has 2 rings (SSSR count). The third-order valence-electron chi connectivity index (χ3n) is 3.28. The summed E-state index contributed by atoms with van der Waals surface area (Å²) in [5.74, 6) is 1.29. The molecule has 1 aromatic carbocycles. The lowest BCUT2D eigenvalue weighted by Gasteiger charge is -2.22. The highest BCUT2D eigenvalue weighted by Gasteiger charge is 2.13. The van der Waals surface area contributed by atoms with Gasteiger partial charge in [-0.25, -0.2) is 0 Å². The highest BCUT2D eigenvalue weighted by atomic mass is 35.5. The number of hydrogen-bond acceptors (Lipinski definition) is 4. The molecule has 0 spiro atoms. The SMILES string of the molecule is Cl.O=[N+]([O-])c1cccc(OCCC2CCNCC2)c1. The molecule has 1 heterocycles. The lowest BCUT2D eigenvalue weighted by atomic mass is 9.95. The van der Waals surface area contributed by atoms with Gasteiger partial charge in [-0.3, -0.25) is 10.1 Å². The Morgan fingerprint density at radius 2 is 2.11 bits per heavy atom. The molecule has 1 N–H and O–H groups in total. The Morgan fingerprint density at radius 1 is 1.37 bits per heavy atom. The van der Waals surface area contributed by atoms with Gasteiger partial charge >= 0.3 is 0 Å². The summed E-state index contributed by atoms with van der Waals surface area (Å²) < 4.78 is 5.57. The highest BCUT2D eigenvalue weighted by molar-refractivity contribution is 5.85. The summed E-state index contributed by atoms with van der Waals surface area (Å²) in [4.78, 5) is 10.2. The first kappa shape index (κ1) is 15.7. The third kappa shape index (κ3) is 5.04. The van der Waals surface area contributed by atoms with Crippen molar-refractivity contribution in [3.05, 3.63) is 34.4 Å². The van der Waals surface area contributed by atoms with Crippen molar-refractivity contribution in [2.24, 2.45) is 5.92 Å². The molecule has 0 amide bonds. The van der Waals surface area contributed by atoms with Crippen LogP contribution in [-0.4, -0.2) is 24.6 Å². The Hall–Kier alpha value is -1.33. The molecule has 0 radical (unpaired) electrons. The number of nitrogens with one attached hydrogen (secondary N) is 1. The average molecular weight is 287 g/mol. The van der Waals surface area contributed by atoms with Crippen molar-refractivity contribution in [2.75, 3.05) is 19.7 Å². The van der Waals surface area contributed by atoms with Gasteiger partial charge in [0.05, 0.1) is 17.6 Å². The van der Waals surface area contributed by atoms with E-state index in [0.29, 0.717) is 18.3 Å². The lowest BCUT2D eigenvalue weighted by molar-refractivity contribution is -0.384. The van der Waals surface area contributed by atoms with Crippen molar-refractivity contribution in [3.63, 3.8) is 0 Å². The molecule has 0 atom stereocenters. The van der Waals surface area contributed by atoms with Crippen molar-refractivity contribution < 1.29 is 9.66 Å². The number of hydrogen-bond donors (Lipinski definition) is 1. The molecule has 0 bridgehead atoms. The molecular formula is C13H19ClN2O3. The number of halogens is 1. The molecular weight excluding hydrogens is 268 g/mol. The van der Waals surface area contributed by atoms with Gasteiger partial charge in [-0.1, -0.05) is 6.07 Å². The summed E-state index contributed by atoms with van der Waals surface area (Å²) in [6.07, 6.45) is 3.40. The minimum Gasteiger partial charge on any atom is -0.493 e. The molecule has 1 aliphatic heterocycles. The smallest absolute Gasteiger partial charge is 0.273 e. The van der Waals surface area contributed by atoms with E-state index >= 15 is 0 Å². The zero-order valence-electron chi connectivity index (χ0n) is 10.7. The molecule has 19 heavy (non-hydrogen) atoms. The van der Waals surface area contributed by atoms with Crippen LogP contribution in [0.4, 0.5) is 5.69 Å². The van der Waals surface area contributed by atoms with Crippen molar-refractivity contribution in [2.45, 2.75) is 19.3 Å². The van der Waals surface area contributed by atoms with E-state index in [9.17, 15) is 10.1 Å². The molecule has 0 saturated carbocycles. The van der Waals surface area contributed by atoms with Crippen LogP contribution in [0, 0.1) is 16.0 Å². The number of piperidine rings is 1. The summed E-state index contributed by atoms with van der Waals surface area (Å²) in [6, 6.07) is 6.36. The van der Waals surface area contributed by atoms with Gasteiger partial charge in [0, 0.05) is 6.07 Å². The molecule has 5 nitrogen and oxygen atoms in total. The second-order valence-corrected chi connectivity index (χ2v) is 4.58. The van der Waals surface area contributed by atoms with E-state index in [-0.39, 0.29) is 18.1 Å². The van der Waals surface area contributed by atoms with Crippen molar-refractivity contribution in [1.82, 2.24) is 5.32 Å². The molecule has 6 heteroatoms. The number of nitro benzene ring substituents is 1. The fourth-order valence-electron chi connectivity index (χ4n) is 2.20. The van der Waals surface area contributed by atoms with Crippen LogP contribution in [-0.2, 0) is 0 Å². The summed E-state index contributed by atoms with van der Waals surface area (Å²) >= 11 is 0. The fraction of sp³-hybridized carbons (Fsp3) is 0.538. The van der Waals surface area contributed by atoms with E-state index in [0.717, 1.165) is 19.5 Å². The van der Waals surface area contributed by atoms with Crippen molar-refractivity contribution in [1.29, 1.82) is 0 Å². The van der Waals surface area contributed by atoms with Crippen LogP contribution in [0.25, 0.3) is 0 Å². The maximum Gasteiger partial charge on any atom is 0.273 e.